The van der Waals surface area contributed by atoms with E-state index in [9.17, 15) is 9.18 Å². The number of nitrogens with zero attached hydrogens (tertiary/aromatic N) is 1. The molecule has 1 aliphatic rings. The fourth-order valence-corrected chi connectivity index (χ4v) is 4.11. The Bertz CT molecular complexity index is 1080. The summed E-state index contributed by atoms with van der Waals surface area (Å²) in [6.45, 7) is 2.58. The minimum absolute atomic E-state index is 0.0505. The van der Waals surface area contributed by atoms with Gasteiger partial charge in [0.2, 0.25) is 0 Å². The fraction of sp³-hybridized carbons (Fsp3) is 0.348. The van der Waals surface area contributed by atoms with Gasteiger partial charge < -0.3 is 18.2 Å². The van der Waals surface area contributed by atoms with Crippen LogP contribution in [0.15, 0.2) is 58.2 Å². The Morgan fingerprint density at radius 3 is 2.80 bits per heavy atom. The van der Waals surface area contributed by atoms with Gasteiger partial charge in [-0.1, -0.05) is 0 Å². The summed E-state index contributed by atoms with van der Waals surface area (Å²) in [6.07, 6.45) is 2.02. The molecule has 1 aromatic heterocycles. The third kappa shape index (κ3) is 5.22. The molecule has 1 aliphatic heterocycles. The topological polar surface area (TPSA) is 49.7 Å². The number of halogens is 1. The largest absolute Gasteiger partial charge is 0.421 e. The summed E-state index contributed by atoms with van der Waals surface area (Å²) in [6, 6.07) is 13.7. The number of fused-ring (bicyclic) bond motifs is 1. The number of aromatic nitrogens is 1. The molecule has 1 saturated heterocycles. The number of rotatable bonds is 7. The number of pyridine rings is 1. The van der Waals surface area contributed by atoms with E-state index >= 15 is 0 Å². The van der Waals surface area contributed by atoms with E-state index in [0.717, 1.165) is 59.5 Å². The van der Waals surface area contributed by atoms with Crippen molar-refractivity contribution in [1.82, 2.24) is 4.57 Å². The minimum Gasteiger partial charge on any atom is -0.421 e. The van der Waals surface area contributed by atoms with Gasteiger partial charge in [0, 0.05) is 37.3 Å². The van der Waals surface area contributed by atoms with Gasteiger partial charge in [0.05, 0.1) is 30.8 Å². The number of ether oxygens (including phenoxy) is 2. The van der Waals surface area contributed by atoms with Crippen molar-refractivity contribution in [3.8, 4) is 5.75 Å². The first-order valence-electron chi connectivity index (χ1n) is 9.98. The van der Waals surface area contributed by atoms with E-state index in [0.29, 0.717) is 24.9 Å². The first kappa shape index (κ1) is 20.9. The van der Waals surface area contributed by atoms with Crippen molar-refractivity contribution in [3.63, 3.8) is 0 Å². The van der Waals surface area contributed by atoms with Gasteiger partial charge in [0.15, 0.2) is 0 Å². The van der Waals surface area contributed by atoms with Gasteiger partial charge >= 0.3 is 0 Å². The first-order valence-corrected chi connectivity index (χ1v) is 10.7. The van der Waals surface area contributed by atoms with Crippen molar-refractivity contribution in [1.29, 1.82) is 0 Å². The molecule has 7 heteroatoms. The molecule has 1 fully saturated rings. The second-order valence-electron chi connectivity index (χ2n) is 7.48. The first-order chi connectivity index (χ1) is 14.6. The Balaban J connectivity index is 1.37. The molecule has 0 amide bonds. The molecule has 0 bridgehead atoms. The van der Waals surface area contributed by atoms with Gasteiger partial charge in [-0.05, 0) is 66.1 Å². The average molecular weight is 430 g/mol. The highest BCUT2D eigenvalue weighted by molar-refractivity contribution is 7.95. The van der Waals surface area contributed by atoms with E-state index in [2.05, 4.69) is 0 Å². The summed E-state index contributed by atoms with van der Waals surface area (Å²) in [5, 5.41) is 0.937. The summed E-state index contributed by atoms with van der Waals surface area (Å²) >= 11 is 1.15. The van der Waals surface area contributed by atoms with Crippen molar-refractivity contribution < 1.29 is 18.0 Å². The molecule has 0 unspecified atom stereocenters. The van der Waals surface area contributed by atoms with Crippen LogP contribution in [0.3, 0.4) is 0 Å². The maximum absolute atomic E-state index is 14.0. The van der Waals surface area contributed by atoms with E-state index in [1.807, 2.05) is 18.2 Å². The molecule has 2 heterocycles. The van der Waals surface area contributed by atoms with Gasteiger partial charge in [-0.15, -0.1) is 0 Å². The maximum atomic E-state index is 14.0. The zero-order valence-corrected chi connectivity index (χ0v) is 17.6. The van der Waals surface area contributed by atoms with E-state index in [1.165, 1.54) is 18.2 Å². The molecule has 0 atom stereocenters. The van der Waals surface area contributed by atoms with Crippen LogP contribution in [0, 0.1) is 11.7 Å². The summed E-state index contributed by atoms with van der Waals surface area (Å²) in [5.41, 5.74) is 1.54. The highest BCUT2D eigenvalue weighted by Gasteiger charge is 2.14. The van der Waals surface area contributed by atoms with Crippen molar-refractivity contribution >= 4 is 22.9 Å². The molecule has 0 spiro atoms. The standard InChI is InChI=1S/C23H24FNO4S/c1-25-22-4-3-21(12-18(22)2-5-23(25)26)30-29-20-11-17(10-19(24)13-20)15-28-14-16-6-8-27-9-7-16/h2-5,10-13,16H,6-9,14-15H2,1H3. The lowest BCUT2D eigenvalue weighted by Crippen LogP contribution is -2.20. The van der Waals surface area contributed by atoms with Crippen molar-refractivity contribution in [2.45, 2.75) is 24.3 Å². The normalized spacial score (nSPS) is 14.9. The quantitative estimate of drug-likeness (QED) is 0.509. The lowest BCUT2D eigenvalue weighted by Gasteiger charge is -2.21. The Hall–Kier alpha value is -2.35. The predicted octanol–water partition coefficient (Wildman–Crippen LogP) is 4.71. The van der Waals surface area contributed by atoms with Gasteiger partial charge in [0.25, 0.3) is 5.56 Å². The molecule has 0 N–H and O–H groups in total. The molecule has 5 nitrogen and oxygen atoms in total. The Labute approximate surface area is 179 Å². The fourth-order valence-electron chi connectivity index (χ4n) is 3.52. The van der Waals surface area contributed by atoms with Crippen LogP contribution in [-0.2, 0) is 23.1 Å². The maximum Gasteiger partial charge on any atom is 0.250 e. The van der Waals surface area contributed by atoms with Gasteiger partial charge in [-0.25, -0.2) is 4.39 Å². The minimum atomic E-state index is -0.355. The van der Waals surface area contributed by atoms with Crippen LogP contribution in [0.25, 0.3) is 10.9 Å². The lowest BCUT2D eigenvalue weighted by molar-refractivity contribution is 0.0157. The van der Waals surface area contributed by atoms with E-state index in [-0.39, 0.29) is 11.4 Å². The van der Waals surface area contributed by atoms with Crippen molar-refractivity contribution in [2.24, 2.45) is 13.0 Å². The number of hydrogen-bond acceptors (Lipinski definition) is 5. The molecule has 0 aliphatic carbocycles. The molecular formula is C23H24FNO4S. The van der Waals surface area contributed by atoms with Crippen LogP contribution in [0.1, 0.15) is 18.4 Å². The number of benzene rings is 2. The molecule has 0 saturated carbocycles. The monoisotopic (exact) mass is 429 g/mol. The average Bonchev–Trinajstić information content (AvgIpc) is 2.75. The Kier molecular flexibility index (Phi) is 6.72. The van der Waals surface area contributed by atoms with Gasteiger partial charge in [-0.3, -0.25) is 4.79 Å². The molecule has 158 valence electrons. The SMILES string of the molecule is Cn1c(=O)ccc2cc(SOc3cc(F)cc(COCC4CCOCC4)c3)ccc21. The van der Waals surface area contributed by atoms with Crippen LogP contribution >= 0.6 is 12.0 Å². The van der Waals surface area contributed by atoms with E-state index in [4.69, 9.17) is 13.7 Å². The van der Waals surface area contributed by atoms with Crippen LogP contribution in [-0.4, -0.2) is 24.4 Å². The molecule has 2 aromatic carbocycles. The second kappa shape index (κ2) is 9.64. The highest BCUT2D eigenvalue weighted by Crippen LogP contribution is 2.28. The Morgan fingerprint density at radius 2 is 1.97 bits per heavy atom. The molecule has 0 radical (unpaired) electrons. The zero-order valence-electron chi connectivity index (χ0n) is 16.8. The molecular weight excluding hydrogens is 405 g/mol. The van der Waals surface area contributed by atoms with Crippen molar-refractivity contribution in [3.05, 3.63) is 70.3 Å². The summed E-state index contributed by atoms with van der Waals surface area (Å²) < 4.78 is 32.5. The Morgan fingerprint density at radius 1 is 1.13 bits per heavy atom. The van der Waals surface area contributed by atoms with Crippen LogP contribution in [0.4, 0.5) is 4.39 Å². The predicted molar refractivity (Wildman–Crippen MR) is 115 cm³/mol. The third-order valence-corrected chi connectivity index (χ3v) is 5.95. The van der Waals surface area contributed by atoms with E-state index in [1.54, 1.807) is 23.7 Å². The molecule has 30 heavy (non-hydrogen) atoms. The number of aryl methyl sites for hydroxylation is 1. The second-order valence-corrected chi connectivity index (χ2v) is 8.29. The molecule has 3 aromatic rings. The smallest absolute Gasteiger partial charge is 0.250 e. The number of hydrogen-bond donors (Lipinski definition) is 0. The van der Waals surface area contributed by atoms with Crippen LogP contribution in [0.2, 0.25) is 0 Å². The third-order valence-electron chi connectivity index (χ3n) is 5.22. The van der Waals surface area contributed by atoms with Gasteiger partial charge in [0.1, 0.15) is 11.6 Å². The van der Waals surface area contributed by atoms with Crippen molar-refractivity contribution in [2.75, 3.05) is 19.8 Å². The van der Waals surface area contributed by atoms with Gasteiger partial charge in [-0.2, -0.15) is 0 Å². The summed E-state index contributed by atoms with van der Waals surface area (Å²) in [7, 11) is 1.74. The zero-order chi connectivity index (χ0) is 20.9. The van der Waals surface area contributed by atoms with E-state index < -0.39 is 0 Å². The van der Waals surface area contributed by atoms with Crippen LogP contribution in [0.5, 0.6) is 5.75 Å². The molecule has 4 rings (SSSR count). The summed E-state index contributed by atoms with van der Waals surface area (Å²) in [5.74, 6) is 0.586. The summed E-state index contributed by atoms with van der Waals surface area (Å²) in [4.78, 5) is 12.6. The lowest BCUT2D eigenvalue weighted by atomic mass is 10.0. The highest BCUT2D eigenvalue weighted by atomic mass is 32.2. The van der Waals surface area contributed by atoms with Crippen LogP contribution < -0.4 is 9.74 Å².